The number of benzene rings is 1. The summed E-state index contributed by atoms with van der Waals surface area (Å²) in [4.78, 5) is 14.8. The van der Waals surface area contributed by atoms with Crippen LogP contribution in [0.25, 0.3) is 0 Å². The summed E-state index contributed by atoms with van der Waals surface area (Å²) in [6.07, 6.45) is 4.75. The van der Waals surface area contributed by atoms with Gasteiger partial charge in [-0.15, -0.1) is 0 Å². The van der Waals surface area contributed by atoms with Crippen LogP contribution >= 0.6 is 0 Å². The Morgan fingerprint density at radius 1 is 1.18 bits per heavy atom. The van der Waals surface area contributed by atoms with Gasteiger partial charge < -0.3 is 9.64 Å². The number of ether oxygens (including phenoxy) is 1. The van der Waals surface area contributed by atoms with Crippen LogP contribution in [-0.4, -0.2) is 30.5 Å². The zero-order valence-electron chi connectivity index (χ0n) is 12.7. The molecule has 2 saturated carbocycles. The third-order valence-electron chi connectivity index (χ3n) is 5.68. The van der Waals surface area contributed by atoms with Crippen molar-refractivity contribution < 1.29 is 13.9 Å². The molecule has 0 spiro atoms. The summed E-state index contributed by atoms with van der Waals surface area (Å²) in [5.41, 5.74) is 0.951. The first-order chi connectivity index (χ1) is 10.7. The smallest absolute Gasteiger partial charge is 0.226 e. The van der Waals surface area contributed by atoms with Crippen LogP contribution in [0.1, 0.15) is 37.4 Å². The lowest BCUT2D eigenvalue weighted by atomic mass is 9.87. The van der Waals surface area contributed by atoms with Crippen LogP contribution < -0.4 is 0 Å². The van der Waals surface area contributed by atoms with Gasteiger partial charge in [0.2, 0.25) is 5.91 Å². The van der Waals surface area contributed by atoms with Crippen molar-refractivity contribution in [2.45, 2.75) is 31.8 Å². The van der Waals surface area contributed by atoms with E-state index in [1.165, 1.54) is 31.4 Å². The Morgan fingerprint density at radius 2 is 2.00 bits per heavy atom. The molecule has 1 amide bonds. The number of nitrogens with zero attached hydrogens (tertiary/aromatic N) is 1. The van der Waals surface area contributed by atoms with Crippen molar-refractivity contribution >= 4 is 5.91 Å². The molecule has 3 nitrogen and oxygen atoms in total. The van der Waals surface area contributed by atoms with Crippen molar-refractivity contribution in [1.29, 1.82) is 0 Å². The molecule has 2 aliphatic carbocycles. The van der Waals surface area contributed by atoms with Crippen LogP contribution in [0.4, 0.5) is 4.39 Å². The highest BCUT2D eigenvalue weighted by atomic mass is 19.1. The predicted octanol–water partition coefficient (Wildman–Crippen LogP) is 3.16. The number of fused-ring (bicyclic) bond motifs is 2. The van der Waals surface area contributed by atoms with Crippen LogP contribution in [0.3, 0.4) is 0 Å². The van der Waals surface area contributed by atoms with Gasteiger partial charge in [0.15, 0.2) is 0 Å². The van der Waals surface area contributed by atoms with Gasteiger partial charge >= 0.3 is 0 Å². The Bertz CT molecular complexity index is 559. The molecule has 2 bridgehead atoms. The van der Waals surface area contributed by atoms with Crippen molar-refractivity contribution in [3.63, 3.8) is 0 Å². The lowest BCUT2D eigenvalue weighted by Gasteiger charge is -2.36. The Kier molecular flexibility index (Phi) is 3.65. The summed E-state index contributed by atoms with van der Waals surface area (Å²) in [7, 11) is 0. The fourth-order valence-electron chi connectivity index (χ4n) is 4.51. The molecule has 4 heteroatoms. The molecule has 1 heterocycles. The fraction of sp³-hybridized carbons (Fsp3) is 0.611. The highest BCUT2D eigenvalue weighted by Gasteiger charge is 2.45. The zero-order valence-corrected chi connectivity index (χ0v) is 12.7. The van der Waals surface area contributed by atoms with E-state index < -0.39 is 0 Å². The molecule has 0 radical (unpaired) electrons. The summed E-state index contributed by atoms with van der Waals surface area (Å²) >= 11 is 0. The number of hydrogen-bond acceptors (Lipinski definition) is 2. The zero-order chi connectivity index (χ0) is 15.1. The molecule has 118 valence electrons. The van der Waals surface area contributed by atoms with E-state index in [1.54, 1.807) is 12.1 Å². The van der Waals surface area contributed by atoms with E-state index in [-0.39, 0.29) is 17.8 Å². The summed E-state index contributed by atoms with van der Waals surface area (Å²) in [6, 6.07) is 6.42. The van der Waals surface area contributed by atoms with Gasteiger partial charge in [-0.1, -0.05) is 18.6 Å². The maximum Gasteiger partial charge on any atom is 0.226 e. The number of carbonyl (C=O) groups excluding carboxylic acids is 1. The lowest BCUT2D eigenvalue weighted by Crippen LogP contribution is -2.46. The van der Waals surface area contributed by atoms with Crippen LogP contribution in [0.2, 0.25) is 0 Å². The Hall–Kier alpha value is -1.42. The van der Waals surface area contributed by atoms with Crippen LogP contribution in [0, 0.1) is 23.6 Å². The molecule has 0 N–H and O–H groups in total. The molecule has 4 unspecified atom stereocenters. The van der Waals surface area contributed by atoms with Gasteiger partial charge in [0, 0.05) is 12.5 Å². The molecule has 1 aliphatic heterocycles. The van der Waals surface area contributed by atoms with Crippen molar-refractivity contribution in [1.82, 2.24) is 4.90 Å². The van der Waals surface area contributed by atoms with Crippen molar-refractivity contribution in [3.05, 3.63) is 35.6 Å². The molecule has 3 fully saturated rings. The third-order valence-corrected chi connectivity index (χ3v) is 5.68. The van der Waals surface area contributed by atoms with Gasteiger partial charge in [0.1, 0.15) is 11.9 Å². The maximum absolute atomic E-state index is 13.0. The van der Waals surface area contributed by atoms with Crippen molar-refractivity contribution in [2.24, 2.45) is 17.8 Å². The summed E-state index contributed by atoms with van der Waals surface area (Å²) < 4.78 is 18.8. The number of hydrogen-bond donors (Lipinski definition) is 0. The molecule has 4 rings (SSSR count). The Morgan fingerprint density at radius 3 is 2.68 bits per heavy atom. The second-order valence-electron chi connectivity index (χ2n) is 6.98. The average molecular weight is 303 g/mol. The van der Waals surface area contributed by atoms with Crippen LogP contribution in [0.15, 0.2) is 24.3 Å². The SMILES string of the molecule is O=C(C1CC2CCC1C2)N1CCOC(c2ccc(F)cc2)C1. The van der Waals surface area contributed by atoms with Gasteiger partial charge in [0.25, 0.3) is 0 Å². The van der Waals surface area contributed by atoms with Gasteiger partial charge in [-0.25, -0.2) is 4.39 Å². The standard InChI is InChI=1S/C18H22FNO2/c19-15-5-3-13(4-6-15)17-11-20(7-8-22-17)18(21)16-10-12-1-2-14(16)9-12/h3-6,12,14,16-17H,1-2,7-11H2. The van der Waals surface area contributed by atoms with E-state index in [2.05, 4.69) is 0 Å². The lowest BCUT2D eigenvalue weighted by molar-refractivity contribution is -0.145. The summed E-state index contributed by atoms with van der Waals surface area (Å²) in [5.74, 6) is 1.72. The van der Waals surface area contributed by atoms with Gasteiger partial charge in [-0.05, 0) is 48.8 Å². The number of morpholine rings is 1. The largest absolute Gasteiger partial charge is 0.370 e. The highest BCUT2D eigenvalue weighted by Crippen LogP contribution is 2.49. The van der Waals surface area contributed by atoms with E-state index in [9.17, 15) is 9.18 Å². The number of carbonyl (C=O) groups is 1. The third kappa shape index (κ3) is 2.54. The van der Waals surface area contributed by atoms with E-state index in [0.29, 0.717) is 31.5 Å². The normalized spacial score (nSPS) is 34.1. The molecule has 22 heavy (non-hydrogen) atoms. The first-order valence-corrected chi connectivity index (χ1v) is 8.36. The average Bonchev–Trinajstić information content (AvgIpc) is 3.18. The minimum absolute atomic E-state index is 0.128. The number of halogens is 1. The quantitative estimate of drug-likeness (QED) is 0.840. The number of amides is 1. The molecular formula is C18H22FNO2. The van der Waals surface area contributed by atoms with Crippen molar-refractivity contribution in [2.75, 3.05) is 19.7 Å². The minimum atomic E-state index is -0.241. The van der Waals surface area contributed by atoms with Gasteiger partial charge in [0.05, 0.1) is 13.2 Å². The van der Waals surface area contributed by atoms with E-state index in [1.807, 2.05) is 4.90 Å². The molecule has 1 aromatic rings. The van der Waals surface area contributed by atoms with E-state index in [4.69, 9.17) is 4.74 Å². The molecule has 1 aromatic carbocycles. The monoisotopic (exact) mass is 303 g/mol. The molecule has 3 aliphatic rings. The van der Waals surface area contributed by atoms with E-state index in [0.717, 1.165) is 17.9 Å². The molecule has 4 atom stereocenters. The summed E-state index contributed by atoms with van der Waals surface area (Å²) in [6.45, 7) is 1.84. The number of rotatable bonds is 2. The van der Waals surface area contributed by atoms with Crippen molar-refractivity contribution in [3.8, 4) is 0 Å². The molecule has 0 aromatic heterocycles. The maximum atomic E-state index is 13.0. The highest BCUT2D eigenvalue weighted by molar-refractivity contribution is 5.79. The second kappa shape index (κ2) is 5.65. The second-order valence-corrected chi connectivity index (χ2v) is 6.98. The first-order valence-electron chi connectivity index (χ1n) is 8.36. The van der Waals surface area contributed by atoms with Gasteiger partial charge in [-0.2, -0.15) is 0 Å². The first kappa shape index (κ1) is 14.2. The summed E-state index contributed by atoms with van der Waals surface area (Å²) in [5, 5.41) is 0. The van der Waals surface area contributed by atoms with Crippen LogP contribution in [-0.2, 0) is 9.53 Å². The molecule has 1 saturated heterocycles. The van der Waals surface area contributed by atoms with Gasteiger partial charge in [-0.3, -0.25) is 4.79 Å². The molecular weight excluding hydrogens is 281 g/mol. The fourth-order valence-corrected chi connectivity index (χ4v) is 4.51. The minimum Gasteiger partial charge on any atom is -0.370 e. The topological polar surface area (TPSA) is 29.5 Å². The van der Waals surface area contributed by atoms with Crippen LogP contribution in [0.5, 0.6) is 0 Å². The Balaban J connectivity index is 1.44. The van der Waals surface area contributed by atoms with E-state index >= 15 is 0 Å². The predicted molar refractivity (Wildman–Crippen MR) is 80.6 cm³/mol. The Labute approximate surface area is 130 Å².